The van der Waals surface area contributed by atoms with Crippen LogP contribution >= 0.6 is 0 Å². The number of aliphatic carboxylic acids is 1. The number of carboxylic acids is 1. The summed E-state index contributed by atoms with van der Waals surface area (Å²) >= 11 is 0. The van der Waals surface area contributed by atoms with E-state index < -0.39 is 24.2 Å². The number of amides is 1. The van der Waals surface area contributed by atoms with Gasteiger partial charge in [-0.05, 0) is 38.6 Å². The number of carbonyl (C=O) groups excluding carboxylic acids is 1. The van der Waals surface area contributed by atoms with Crippen LogP contribution < -0.4 is 4.74 Å². The number of nitrogens with zero attached hydrogens (tertiary/aromatic N) is 1. The zero-order chi connectivity index (χ0) is 20.0. The fourth-order valence-electron chi connectivity index (χ4n) is 2.67. The van der Waals surface area contributed by atoms with E-state index in [0.717, 1.165) is 10.8 Å². The maximum absolute atomic E-state index is 12.4. The molecular formula is C21H27NO5. The molecule has 6 heteroatoms. The third kappa shape index (κ3) is 6.16. The third-order valence-electron chi connectivity index (χ3n) is 3.90. The molecule has 2 rings (SSSR count). The Kier molecular flexibility index (Phi) is 6.66. The summed E-state index contributed by atoms with van der Waals surface area (Å²) in [6.45, 7) is 6.85. The molecule has 2 aromatic rings. The van der Waals surface area contributed by atoms with Gasteiger partial charge in [-0.25, -0.2) is 4.79 Å². The molecule has 0 aliphatic heterocycles. The molecule has 1 amide bonds. The zero-order valence-corrected chi connectivity index (χ0v) is 16.3. The average molecular weight is 373 g/mol. The van der Waals surface area contributed by atoms with Gasteiger partial charge in [0.25, 0.3) is 0 Å². The van der Waals surface area contributed by atoms with E-state index in [0.29, 0.717) is 12.2 Å². The largest absolute Gasteiger partial charge is 0.488 e. The van der Waals surface area contributed by atoms with Gasteiger partial charge in [0, 0.05) is 5.39 Å². The fraction of sp³-hybridized carbons (Fsp3) is 0.429. The lowest BCUT2D eigenvalue weighted by Gasteiger charge is -2.29. The summed E-state index contributed by atoms with van der Waals surface area (Å²) in [5.41, 5.74) is -0.702. The molecular weight excluding hydrogens is 346 g/mol. The molecule has 0 radical (unpaired) electrons. The minimum atomic E-state index is -1.10. The molecule has 6 nitrogen and oxygen atoms in total. The summed E-state index contributed by atoms with van der Waals surface area (Å²) in [6, 6.07) is 13.7. The summed E-state index contributed by atoms with van der Waals surface area (Å²) in [4.78, 5) is 24.8. The van der Waals surface area contributed by atoms with Crippen molar-refractivity contribution in [2.45, 2.75) is 45.8 Å². The predicted octanol–water partition coefficient (Wildman–Crippen LogP) is 4.32. The number of carboxylic acid groups (broad SMARTS) is 1. The molecule has 0 saturated carbocycles. The molecule has 0 spiro atoms. The molecule has 0 bridgehead atoms. The first kappa shape index (κ1) is 20.6. The smallest absolute Gasteiger partial charge is 0.410 e. The first-order valence-corrected chi connectivity index (χ1v) is 9.03. The minimum absolute atomic E-state index is 0.126. The van der Waals surface area contributed by atoms with E-state index in [2.05, 4.69) is 0 Å². The lowest BCUT2D eigenvalue weighted by molar-refractivity contribution is -0.138. The maximum Gasteiger partial charge on any atom is 0.410 e. The summed E-state index contributed by atoms with van der Waals surface area (Å²) in [7, 11) is 0. The molecule has 0 aromatic heterocycles. The molecule has 0 fully saturated rings. The third-order valence-corrected chi connectivity index (χ3v) is 3.90. The number of hydrogen-bond donors (Lipinski definition) is 1. The molecule has 0 heterocycles. The summed E-state index contributed by atoms with van der Waals surface area (Å²) in [5, 5.41) is 11.2. The van der Waals surface area contributed by atoms with Crippen molar-refractivity contribution < 1.29 is 24.2 Å². The standard InChI is InChI=1S/C21H27NO5/c1-5-16(13-22(14-19(23)24)20(25)27-21(2,3)4)26-18-12-8-10-15-9-6-7-11-17(15)18/h6-12,16H,5,13-14H2,1-4H3,(H,23,24)/t16-/m1/s1. The maximum atomic E-state index is 12.4. The van der Waals surface area contributed by atoms with Crippen molar-refractivity contribution in [1.82, 2.24) is 4.90 Å². The molecule has 2 aromatic carbocycles. The topological polar surface area (TPSA) is 76.1 Å². The second kappa shape index (κ2) is 8.75. The van der Waals surface area contributed by atoms with Gasteiger partial charge in [-0.3, -0.25) is 9.69 Å². The van der Waals surface area contributed by atoms with Crippen molar-refractivity contribution in [1.29, 1.82) is 0 Å². The van der Waals surface area contributed by atoms with E-state index in [1.54, 1.807) is 20.8 Å². The van der Waals surface area contributed by atoms with E-state index in [1.807, 2.05) is 49.4 Å². The van der Waals surface area contributed by atoms with Crippen molar-refractivity contribution in [3.63, 3.8) is 0 Å². The Morgan fingerprint density at radius 2 is 1.78 bits per heavy atom. The van der Waals surface area contributed by atoms with Crippen molar-refractivity contribution in [2.75, 3.05) is 13.1 Å². The molecule has 146 valence electrons. The van der Waals surface area contributed by atoms with E-state index >= 15 is 0 Å². The lowest BCUT2D eigenvalue weighted by Crippen LogP contribution is -2.44. The highest BCUT2D eigenvalue weighted by molar-refractivity contribution is 5.88. The van der Waals surface area contributed by atoms with Crippen molar-refractivity contribution in [2.24, 2.45) is 0 Å². The molecule has 0 aliphatic rings. The van der Waals surface area contributed by atoms with Gasteiger partial charge in [-0.2, -0.15) is 0 Å². The Morgan fingerprint density at radius 3 is 2.41 bits per heavy atom. The fourth-order valence-corrected chi connectivity index (χ4v) is 2.67. The second-order valence-electron chi connectivity index (χ2n) is 7.38. The zero-order valence-electron chi connectivity index (χ0n) is 16.3. The van der Waals surface area contributed by atoms with Gasteiger partial charge < -0.3 is 14.6 Å². The van der Waals surface area contributed by atoms with Gasteiger partial charge in [0.1, 0.15) is 24.0 Å². The van der Waals surface area contributed by atoms with Crippen molar-refractivity contribution in [3.05, 3.63) is 42.5 Å². The number of ether oxygens (including phenoxy) is 2. The van der Waals surface area contributed by atoms with Gasteiger partial charge in [0.2, 0.25) is 0 Å². The lowest BCUT2D eigenvalue weighted by atomic mass is 10.1. The number of fused-ring (bicyclic) bond motifs is 1. The second-order valence-corrected chi connectivity index (χ2v) is 7.38. The molecule has 0 saturated heterocycles. The van der Waals surface area contributed by atoms with Crippen LogP contribution in [0.1, 0.15) is 34.1 Å². The SMILES string of the molecule is CC[C@H](CN(CC(=O)O)C(=O)OC(C)(C)C)Oc1cccc2ccccc12. The van der Waals surface area contributed by atoms with E-state index in [9.17, 15) is 9.59 Å². The highest BCUT2D eigenvalue weighted by atomic mass is 16.6. The van der Waals surface area contributed by atoms with Gasteiger partial charge in [0.15, 0.2) is 0 Å². The minimum Gasteiger partial charge on any atom is -0.488 e. The first-order chi connectivity index (χ1) is 12.7. The van der Waals surface area contributed by atoms with Crippen LogP contribution in [0.3, 0.4) is 0 Å². The van der Waals surface area contributed by atoms with E-state index in [-0.39, 0.29) is 12.6 Å². The van der Waals surface area contributed by atoms with Gasteiger partial charge in [0.05, 0.1) is 6.54 Å². The Morgan fingerprint density at radius 1 is 1.11 bits per heavy atom. The Labute approximate surface area is 159 Å². The summed E-state index contributed by atoms with van der Waals surface area (Å²) in [6.07, 6.45) is -0.408. The number of rotatable bonds is 7. The Bertz CT molecular complexity index is 791. The van der Waals surface area contributed by atoms with Crippen molar-refractivity contribution in [3.8, 4) is 5.75 Å². The van der Waals surface area contributed by atoms with Crippen LogP contribution in [0.15, 0.2) is 42.5 Å². The van der Waals surface area contributed by atoms with Crippen LogP contribution in [0.25, 0.3) is 10.8 Å². The van der Waals surface area contributed by atoms with E-state index in [1.165, 1.54) is 4.90 Å². The predicted molar refractivity (Wildman–Crippen MR) is 104 cm³/mol. The highest BCUT2D eigenvalue weighted by Crippen LogP contribution is 2.26. The van der Waals surface area contributed by atoms with Crippen LogP contribution in [0.4, 0.5) is 4.79 Å². The highest BCUT2D eigenvalue weighted by Gasteiger charge is 2.26. The number of benzene rings is 2. The monoisotopic (exact) mass is 373 g/mol. The van der Waals surface area contributed by atoms with Crippen LogP contribution in [0, 0.1) is 0 Å². The van der Waals surface area contributed by atoms with Crippen molar-refractivity contribution >= 4 is 22.8 Å². The average Bonchev–Trinajstić information content (AvgIpc) is 2.58. The van der Waals surface area contributed by atoms with Crippen LogP contribution in [0.5, 0.6) is 5.75 Å². The van der Waals surface area contributed by atoms with Gasteiger partial charge in [-0.15, -0.1) is 0 Å². The molecule has 0 unspecified atom stereocenters. The molecule has 27 heavy (non-hydrogen) atoms. The molecule has 0 aliphatic carbocycles. The normalized spacial score (nSPS) is 12.4. The van der Waals surface area contributed by atoms with Gasteiger partial charge in [-0.1, -0.05) is 43.3 Å². The Hall–Kier alpha value is -2.76. The van der Waals surface area contributed by atoms with Gasteiger partial charge >= 0.3 is 12.1 Å². The quantitative estimate of drug-likeness (QED) is 0.782. The summed E-state index contributed by atoms with van der Waals surface area (Å²) in [5.74, 6) is -0.389. The molecule has 1 N–H and O–H groups in total. The van der Waals surface area contributed by atoms with Crippen LogP contribution in [-0.4, -0.2) is 46.9 Å². The number of hydrogen-bond acceptors (Lipinski definition) is 4. The Balaban J connectivity index is 2.18. The van der Waals surface area contributed by atoms with Crippen LogP contribution in [-0.2, 0) is 9.53 Å². The van der Waals surface area contributed by atoms with Crippen LogP contribution in [0.2, 0.25) is 0 Å². The summed E-state index contributed by atoms with van der Waals surface area (Å²) < 4.78 is 11.5. The number of carbonyl (C=O) groups is 2. The first-order valence-electron chi connectivity index (χ1n) is 9.03. The van der Waals surface area contributed by atoms with E-state index in [4.69, 9.17) is 14.6 Å². The molecule has 1 atom stereocenters.